The van der Waals surface area contributed by atoms with E-state index in [0.29, 0.717) is 21.3 Å². The van der Waals surface area contributed by atoms with Gasteiger partial charge in [-0.1, -0.05) is 23.2 Å². The molecule has 90 valence electrons. The summed E-state index contributed by atoms with van der Waals surface area (Å²) in [6, 6.07) is 10.1. The van der Waals surface area contributed by atoms with Gasteiger partial charge in [0.15, 0.2) is 5.78 Å². The molecule has 2 rings (SSSR count). The molecule has 0 saturated carbocycles. The summed E-state index contributed by atoms with van der Waals surface area (Å²) < 4.78 is 1.57. The number of carbonyl (C=O) groups is 1. The summed E-state index contributed by atoms with van der Waals surface area (Å²) in [6.45, 7) is 0.0654. The molecule has 0 radical (unpaired) electrons. The maximum atomic E-state index is 12.1. The third-order valence-corrected chi connectivity index (χ3v) is 3.05. The molecule has 18 heavy (non-hydrogen) atoms. The molecule has 2 aromatic rings. The van der Waals surface area contributed by atoms with Gasteiger partial charge in [-0.15, -0.1) is 0 Å². The lowest BCUT2D eigenvalue weighted by molar-refractivity contribution is 0.0972. The lowest BCUT2D eigenvalue weighted by Crippen LogP contribution is -2.11. The van der Waals surface area contributed by atoms with Crippen molar-refractivity contribution in [3.05, 3.63) is 57.8 Å². The number of hydrogen-bond acceptors (Lipinski definition) is 2. The lowest BCUT2D eigenvalue weighted by atomic mass is 10.1. The van der Waals surface area contributed by atoms with Crippen LogP contribution in [0.1, 0.15) is 16.1 Å². The molecule has 0 bridgehead atoms. The molecule has 0 amide bonds. The van der Waals surface area contributed by atoms with E-state index >= 15 is 0 Å². The van der Waals surface area contributed by atoms with Gasteiger partial charge < -0.3 is 4.57 Å². The van der Waals surface area contributed by atoms with E-state index in [1.165, 1.54) is 6.07 Å². The van der Waals surface area contributed by atoms with E-state index in [1.807, 2.05) is 6.07 Å². The molecule has 1 aromatic heterocycles. The van der Waals surface area contributed by atoms with E-state index in [-0.39, 0.29) is 12.3 Å². The Labute approximate surface area is 114 Å². The Morgan fingerprint density at radius 2 is 2.11 bits per heavy atom. The van der Waals surface area contributed by atoms with Crippen molar-refractivity contribution in [1.82, 2.24) is 4.57 Å². The first-order chi connectivity index (χ1) is 8.61. The largest absolute Gasteiger partial charge is 0.332 e. The fourth-order valence-corrected chi connectivity index (χ4v) is 2.00. The fourth-order valence-electron chi connectivity index (χ4n) is 1.60. The summed E-state index contributed by atoms with van der Waals surface area (Å²) in [6.07, 6.45) is 1.68. The van der Waals surface area contributed by atoms with Gasteiger partial charge in [-0.05, 0) is 30.3 Å². The average Bonchev–Trinajstić information content (AvgIpc) is 2.79. The van der Waals surface area contributed by atoms with Crippen molar-refractivity contribution < 1.29 is 4.79 Å². The molecule has 5 heteroatoms. The van der Waals surface area contributed by atoms with Gasteiger partial charge in [0.25, 0.3) is 0 Å². The first kappa shape index (κ1) is 12.7. The SMILES string of the molecule is N#Cc1cccn1CC(=O)c1cc(Cl)ccc1Cl. The number of benzene rings is 1. The van der Waals surface area contributed by atoms with Gasteiger partial charge in [0.05, 0.1) is 11.6 Å². The van der Waals surface area contributed by atoms with E-state index < -0.39 is 0 Å². The van der Waals surface area contributed by atoms with E-state index in [1.54, 1.807) is 35.0 Å². The number of rotatable bonds is 3. The van der Waals surface area contributed by atoms with Crippen LogP contribution in [0.15, 0.2) is 36.5 Å². The van der Waals surface area contributed by atoms with Gasteiger partial charge in [0.2, 0.25) is 0 Å². The molecular weight excluding hydrogens is 271 g/mol. The number of hydrogen-bond donors (Lipinski definition) is 0. The second kappa shape index (κ2) is 5.26. The number of aromatic nitrogens is 1. The van der Waals surface area contributed by atoms with Gasteiger partial charge in [-0.25, -0.2) is 0 Å². The lowest BCUT2D eigenvalue weighted by Gasteiger charge is -2.06. The van der Waals surface area contributed by atoms with Crippen LogP contribution < -0.4 is 0 Å². The topological polar surface area (TPSA) is 45.8 Å². The van der Waals surface area contributed by atoms with Crippen molar-refractivity contribution in [2.75, 3.05) is 0 Å². The zero-order valence-electron chi connectivity index (χ0n) is 9.23. The molecule has 0 N–H and O–H groups in total. The second-order valence-electron chi connectivity index (χ2n) is 3.68. The van der Waals surface area contributed by atoms with Crippen molar-refractivity contribution in [2.45, 2.75) is 6.54 Å². The van der Waals surface area contributed by atoms with E-state index in [9.17, 15) is 4.79 Å². The molecule has 3 nitrogen and oxygen atoms in total. The molecule has 0 atom stereocenters. The minimum Gasteiger partial charge on any atom is -0.332 e. The van der Waals surface area contributed by atoms with Crippen LogP contribution in [0.3, 0.4) is 0 Å². The summed E-state index contributed by atoms with van der Waals surface area (Å²) in [5.74, 6) is -0.185. The Morgan fingerprint density at radius 1 is 1.33 bits per heavy atom. The van der Waals surface area contributed by atoms with Crippen LogP contribution in [0, 0.1) is 11.3 Å². The molecule has 1 aromatic carbocycles. The van der Waals surface area contributed by atoms with Gasteiger partial charge in [0.1, 0.15) is 11.8 Å². The Morgan fingerprint density at radius 3 is 2.83 bits per heavy atom. The first-order valence-electron chi connectivity index (χ1n) is 5.15. The van der Waals surface area contributed by atoms with Crippen LogP contribution >= 0.6 is 23.2 Å². The Kier molecular flexibility index (Phi) is 3.71. The highest BCUT2D eigenvalue weighted by molar-refractivity contribution is 6.35. The Bertz CT molecular complexity index is 641. The number of nitriles is 1. The van der Waals surface area contributed by atoms with Gasteiger partial charge in [-0.2, -0.15) is 5.26 Å². The molecule has 0 aliphatic carbocycles. The number of nitrogens with zero attached hydrogens (tertiary/aromatic N) is 2. The minimum absolute atomic E-state index is 0.0654. The van der Waals surface area contributed by atoms with Gasteiger partial charge >= 0.3 is 0 Å². The fraction of sp³-hybridized carbons (Fsp3) is 0.0769. The van der Waals surface area contributed by atoms with Gasteiger partial charge in [-0.3, -0.25) is 4.79 Å². The molecule has 0 saturated heterocycles. The number of Topliss-reactive ketones (excluding diaryl/α,β-unsaturated/α-hetero) is 1. The highest BCUT2D eigenvalue weighted by Crippen LogP contribution is 2.21. The van der Waals surface area contributed by atoms with Crippen molar-refractivity contribution in [2.24, 2.45) is 0 Å². The average molecular weight is 279 g/mol. The zero-order chi connectivity index (χ0) is 13.1. The van der Waals surface area contributed by atoms with Crippen LogP contribution in [0.2, 0.25) is 10.0 Å². The van der Waals surface area contributed by atoms with Crippen molar-refractivity contribution in [3.63, 3.8) is 0 Å². The molecular formula is C13H8Cl2N2O. The van der Waals surface area contributed by atoms with Crippen LogP contribution in [0.5, 0.6) is 0 Å². The van der Waals surface area contributed by atoms with Crippen LogP contribution in [0.4, 0.5) is 0 Å². The van der Waals surface area contributed by atoms with E-state index in [4.69, 9.17) is 28.5 Å². The predicted octanol–water partition coefficient (Wildman–Crippen LogP) is 3.55. The maximum absolute atomic E-state index is 12.1. The third-order valence-electron chi connectivity index (χ3n) is 2.49. The Hall–Kier alpha value is -1.76. The zero-order valence-corrected chi connectivity index (χ0v) is 10.7. The van der Waals surface area contributed by atoms with Crippen LogP contribution in [-0.4, -0.2) is 10.4 Å². The van der Waals surface area contributed by atoms with Gasteiger partial charge in [0, 0.05) is 16.8 Å². The highest BCUT2D eigenvalue weighted by Gasteiger charge is 2.12. The highest BCUT2D eigenvalue weighted by atomic mass is 35.5. The first-order valence-corrected chi connectivity index (χ1v) is 5.91. The third kappa shape index (κ3) is 2.56. The standard InChI is InChI=1S/C13H8Cl2N2O/c14-9-3-4-12(15)11(6-9)13(18)8-17-5-1-2-10(17)7-16/h1-6H,8H2. The molecule has 1 heterocycles. The van der Waals surface area contributed by atoms with E-state index in [0.717, 1.165) is 0 Å². The quantitative estimate of drug-likeness (QED) is 0.806. The van der Waals surface area contributed by atoms with Crippen molar-refractivity contribution >= 4 is 29.0 Å². The minimum atomic E-state index is -0.185. The molecule has 0 aliphatic heterocycles. The van der Waals surface area contributed by atoms with Crippen LogP contribution in [-0.2, 0) is 6.54 Å². The summed E-state index contributed by atoms with van der Waals surface area (Å²) in [5.41, 5.74) is 0.795. The van der Waals surface area contributed by atoms with Crippen molar-refractivity contribution in [1.29, 1.82) is 5.26 Å². The number of carbonyl (C=O) groups excluding carboxylic acids is 1. The molecule has 0 fully saturated rings. The van der Waals surface area contributed by atoms with Crippen molar-refractivity contribution in [3.8, 4) is 6.07 Å². The smallest absolute Gasteiger partial charge is 0.184 e. The second-order valence-corrected chi connectivity index (χ2v) is 4.52. The molecule has 0 aliphatic rings. The maximum Gasteiger partial charge on any atom is 0.184 e. The summed E-state index contributed by atoms with van der Waals surface area (Å²) >= 11 is 11.8. The van der Waals surface area contributed by atoms with E-state index in [2.05, 4.69) is 0 Å². The summed E-state index contributed by atoms with van der Waals surface area (Å²) in [4.78, 5) is 12.1. The molecule has 0 unspecified atom stereocenters. The number of halogens is 2. The summed E-state index contributed by atoms with van der Waals surface area (Å²) in [7, 11) is 0. The normalized spacial score (nSPS) is 10.1. The Balaban J connectivity index is 2.28. The number of ketones is 1. The monoisotopic (exact) mass is 278 g/mol. The summed E-state index contributed by atoms with van der Waals surface area (Å²) in [5, 5.41) is 9.67. The van der Waals surface area contributed by atoms with Crippen LogP contribution in [0.25, 0.3) is 0 Å². The molecule has 0 spiro atoms. The predicted molar refractivity (Wildman–Crippen MR) is 69.9 cm³/mol.